The third kappa shape index (κ3) is 4.00. The van der Waals surface area contributed by atoms with Crippen molar-refractivity contribution in [3.05, 3.63) is 54.7 Å². The van der Waals surface area contributed by atoms with Gasteiger partial charge in [0, 0.05) is 59.5 Å². The molecule has 11 nitrogen and oxygen atoms in total. The third-order valence-electron chi connectivity index (χ3n) is 7.63. The Hall–Kier alpha value is -3.90. The summed E-state index contributed by atoms with van der Waals surface area (Å²) in [6.45, 7) is -0.531. The van der Waals surface area contributed by atoms with Gasteiger partial charge in [-0.25, -0.2) is 13.4 Å². The second kappa shape index (κ2) is 9.14. The molecule has 0 spiro atoms. The number of sulfone groups is 1. The Morgan fingerprint density at radius 1 is 1.08 bits per heavy atom. The molecule has 38 heavy (non-hydrogen) atoms. The van der Waals surface area contributed by atoms with Crippen molar-refractivity contribution in [3.63, 3.8) is 0 Å². The van der Waals surface area contributed by atoms with Gasteiger partial charge in [-0.1, -0.05) is 6.07 Å². The number of anilines is 1. The summed E-state index contributed by atoms with van der Waals surface area (Å²) in [7, 11) is -3.73. The summed E-state index contributed by atoms with van der Waals surface area (Å²) in [6.07, 6.45) is 10.6. The summed E-state index contributed by atoms with van der Waals surface area (Å²) in [4.78, 5) is 27.6. The average molecular weight is 534 g/mol. The maximum absolute atomic E-state index is 12.9. The summed E-state index contributed by atoms with van der Waals surface area (Å²) in [6, 6.07) is 7.44. The maximum Gasteiger partial charge on any atom is 0.248 e. The first-order valence-corrected chi connectivity index (χ1v) is 14.3. The predicted molar refractivity (Wildman–Crippen MR) is 140 cm³/mol. The van der Waals surface area contributed by atoms with Gasteiger partial charge in [0.25, 0.3) is 0 Å². The lowest BCUT2D eigenvalue weighted by Gasteiger charge is -2.39. The number of pyridine rings is 2. The fraction of sp³-hybridized carbons (Fsp3) is 0.346. The van der Waals surface area contributed by atoms with Crippen molar-refractivity contribution < 1.29 is 18.3 Å². The van der Waals surface area contributed by atoms with Gasteiger partial charge in [-0.3, -0.25) is 14.8 Å². The number of rotatable bonds is 5. The SMILES string of the molecule is CS(=O)(=O)c1c(C2CC3CCC(C2)N3C(=O)CO)nc2c(-c3ccc(-c4ccncc4)nc3)cnn2c1N. The van der Waals surface area contributed by atoms with E-state index in [2.05, 4.69) is 15.1 Å². The molecule has 6 heterocycles. The van der Waals surface area contributed by atoms with Crippen molar-refractivity contribution in [1.29, 1.82) is 0 Å². The first kappa shape index (κ1) is 24.4. The van der Waals surface area contributed by atoms with E-state index in [4.69, 9.17) is 10.7 Å². The molecular formula is C26H27N7O4S. The molecule has 2 bridgehead atoms. The van der Waals surface area contributed by atoms with Crippen LogP contribution in [0, 0.1) is 0 Å². The molecule has 196 valence electrons. The lowest BCUT2D eigenvalue weighted by molar-refractivity contribution is -0.138. The number of amides is 1. The number of carbonyl (C=O) groups is 1. The first-order chi connectivity index (χ1) is 18.3. The lowest BCUT2D eigenvalue weighted by Crippen LogP contribution is -2.47. The Kier molecular flexibility index (Phi) is 5.88. The molecule has 0 aliphatic carbocycles. The molecule has 4 aromatic heterocycles. The third-order valence-corrected chi connectivity index (χ3v) is 8.79. The van der Waals surface area contributed by atoms with Gasteiger partial charge in [-0.2, -0.15) is 9.61 Å². The molecule has 2 fully saturated rings. The number of aliphatic hydroxyl groups excluding tert-OH is 1. The van der Waals surface area contributed by atoms with Crippen molar-refractivity contribution in [2.45, 2.75) is 48.6 Å². The normalized spacial score (nSPS) is 21.2. The van der Waals surface area contributed by atoms with Gasteiger partial charge in [0.2, 0.25) is 5.91 Å². The Morgan fingerprint density at radius 2 is 1.79 bits per heavy atom. The zero-order valence-electron chi connectivity index (χ0n) is 20.7. The number of hydrogen-bond donors (Lipinski definition) is 2. The second-order valence-electron chi connectivity index (χ2n) is 9.96. The van der Waals surface area contributed by atoms with Gasteiger partial charge in [0.1, 0.15) is 17.3 Å². The summed E-state index contributed by atoms with van der Waals surface area (Å²) in [5.74, 6) is -0.480. The van der Waals surface area contributed by atoms with Crippen LogP contribution in [0.2, 0.25) is 0 Å². The van der Waals surface area contributed by atoms with E-state index in [-0.39, 0.29) is 34.6 Å². The minimum absolute atomic E-state index is 0.0151. The molecule has 2 saturated heterocycles. The van der Waals surface area contributed by atoms with Crippen molar-refractivity contribution in [2.75, 3.05) is 18.6 Å². The fourth-order valence-electron chi connectivity index (χ4n) is 6.01. The molecule has 12 heteroatoms. The summed E-state index contributed by atoms with van der Waals surface area (Å²) in [5.41, 5.74) is 10.5. The topological polar surface area (TPSA) is 157 Å². The van der Waals surface area contributed by atoms with Gasteiger partial charge in [-0.05, 0) is 43.9 Å². The average Bonchev–Trinajstić information content (AvgIpc) is 3.46. The fourth-order valence-corrected chi connectivity index (χ4v) is 7.07. The van der Waals surface area contributed by atoms with Gasteiger partial charge in [0.05, 0.1) is 17.6 Å². The number of fused-ring (bicyclic) bond motifs is 3. The number of aromatic nitrogens is 5. The zero-order valence-corrected chi connectivity index (χ0v) is 21.5. The van der Waals surface area contributed by atoms with E-state index in [1.165, 1.54) is 4.52 Å². The van der Waals surface area contributed by atoms with E-state index in [1.54, 1.807) is 29.7 Å². The standard InChI is InChI=1S/C26H27N7O4S/c1-38(36,37)24-23(17-10-18-3-4-19(11-17)32(18)22(35)14-34)31-26-20(13-30-33(26)25(24)27)16-2-5-21(29-12-16)15-6-8-28-9-7-15/h2,5-9,12-13,17-19,34H,3-4,10-11,14,27H2,1H3. The van der Waals surface area contributed by atoms with Crippen molar-refractivity contribution >= 4 is 27.2 Å². The van der Waals surface area contributed by atoms with Crippen LogP contribution in [0.3, 0.4) is 0 Å². The highest BCUT2D eigenvalue weighted by Crippen LogP contribution is 2.45. The second-order valence-corrected chi connectivity index (χ2v) is 11.9. The first-order valence-electron chi connectivity index (χ1n) is 12.4. The Bertz CT molecular complexity index is 1620. The van der Waals surface area contributed by atoms with E-state index in [1.807, 2.05) is 24.3 Å². The molecule has 4 aromatic rings. The number of hydrogen-bond acceptors (Lipinski definition) is 9. The quantitative estimate of drug-likeness (QED) is 0.392. The van der Waals surface area contributed by atoms with Crippen LogP contribution >= 0.6 is 0 Å². The molecular weight excluding hydrogens is 506 g/mol. The molecule has 2 aliphatic rings. The van der Waals surface area contributed by atoms with E-state index in [0.717, 1.165) is 35.9 Å². The Morgan fingerprint density at radius 3 is 2.39 bits per heavy atom. The van der Waals surface area contributed by atoms with Crippen LogP contribution in [0.4, 0.5) is 5.82 Å². The maximum atomic E-state index is 12.9. The Balaban J connectivity index is 1.44. The summed E-state index contributed by atoms with van der Waals surface area (Å²) < 4.78 is 27.2. The molecule has 1 amide bonds. The van der Waals surface area contributed by atoms with E-state index < -0.39 is 16.4 Å². The van der Waals surface area contributed by atoms with Crippen molar-refractivity contribution in [2.24, 2.45) is 0 Å². The van der Waals surface area contributed by atoms with Crippen LogP contribution in [0.5, 0.6) is 0 Å². The smallest absolute Gasteiger partial charge is 0.248 e. The van der Waals surface area contributed by atoms with Gasteiger partial charge in [-0.15, -0.1) is 0 Å². The van der Waals surface area contributed by atoms with Crippen LogP contribution in [0.15, 0.2) is 53.9 Å². The van der Waals surface area contributed by atoms with Crippen LogP contribution in [0.25, 0.3) is 28.0 Å². The number of nitrogen functional groups attached to an aromatic ring is 1. The highest BCUT2D eigenvalue weighted by molar-refractivity contribution is 7.91. The number of carbonyl (C=O) groups excluding carboxylic acids is 1. The largest absolute Gasteiger partial charge is 0.387 e. The van der Waals surface area contributed by atoms with Crippen LogP contribution in [0.1, 0.15) is 37.3 Å². The minimum Gasteiger partial charge on any atom is -0.387 e. The molecule has 0 saturated carbocycles. The highest BCUT2D eigenvalue weighted by Gasteiger charge is 2.45. The van der Waals surface area contributed by atoms with E-state index in [0.29, 0.717) is 29.7 Å². The molecule has 0 radical (unpaired) electrons. The van der Waals surface area contributed by atoms with Crippen LogP contribution in [-0.2, 0) is 14.6 Å². The Labute approximate surface area is 219 Å². The number of piperidine rings is 1. The number of nitrogens with two attached hydrogens (primary N) is 1. The van der Waals surface area contributed by atoms with Crippen molar-refractivity contribution in [3.8, 4) is 22.4 Å². The summed E-state index contributed by atoms with van der Waals surface area (Å²) >= 11 is 0. The van der Waals surface area contributed by atoms with Crippen molar-refractivity contribution in [1.82, 2.24) is 29.5 Å². The molecule has 0 aromatic carbocycles. The lowest BCUT2D eigenvalue weighted by atomic mass is 9.87. The van der Waals surface area contributed by atoms with E-state index >= 15 is 0 Å². The van der Waals surface area contributed by atoms with Crippen LogP contribution < -0.4 is 5.73 Å². The summed E-state index contributed by atoms with van der Waals surface area (Å²) in [5, 5.41) is 13.8. The zero-order chi connectivity index (χ0) is 26.6. The van der Waals surface area contributed by atoms with E-state index in [9.17, 15) is 18.3 Å². The van der Waals surface area contributed by atoms with Gasteiger partial charge >= 0.3 is 0 Å². The van der Waals surface area contributed by atoms with Crippen LogP contribution in [-0.4, -0.2) is 73.8 Å². The molecule has 2 unspecified atom stereocenters. The molecule has 2 aliphatic heterocycles. The number of nitrogens with zero attached hydrogens (tertiary/aromatic N) is 6. The highest BCUT2D eigenvalue weighted by atomic mass is 32.2. The monoisotopic (exact) mass is 533 g/mol. The predicted octanol–water partition coefficient (Wildman–Crippen LogP) is 2.07. The minimum atomic E-state index is -3.73. The molecule has 6 rings (SSSR count). The molecule has 3 N–H and O–H groups in total. The number of aliphatic hydroxyl groups is 1. The molecule has 2 atom stereocenters. The van der Waals surface area contributed by atoms with Gasteiger partial charge < -0.3 is 15.7 Å². The van der Waals surface area contributed by atoms with Gasteiger partial charge in [0.15, 0.2) is 15.5 Å².